The fraction of sp³-hybridized carbons (Fsp3) is 0.389. The molecule has 4 N–H and O–H groups in total. The van der Waals surface area contributed by atoms with Gasteiger partial charge < -0.3 is 5.11 Å². The Morgan fingerprint density at radius 3 is 2.71 bits per heavy atom. The fourth-order valence-electron chi connectivity index (χ4n) is 2.56. The van der Waals surface area contributed by atoms with E-state index in [-0.39, 0.29) is 24.7 Å². The van der Waals surface area contributed by atoms with Gasteiger partial charge in [0.05, 0.1) is 24.4 Å². The maximum atomic E-state index is 12.4. The average Bonchev–Trinajstić information content (AvgIpc) is 2.72. The number of phenolic OH excluding ortho intramolecular Hbond substituents is 1. The van der Waals surface area contributed by atoms with Crippen LogP contribution in [0.3, 0.4) is 0 Å². The Morgan fingerprint density at radius 2 is 2.04 bits per heavy atom. The lowest BCUT2D eigenvalue weighted by molar-refractivity contribution is -0.154. The SMILES string of the molecule is CCCCC[C@H](CN(O)C=O)C(=O)NNc1nncc(-c2ccc(O)cc2)n1. The van der Waals surface area contributed by atoms with Crippen molar-refractivity contribution in [2.45, 2.75) is 32.6 Å². The third kappa shape index (κ3) is 6.47. The van der Waals surface area contributed by atoms with Crippen LogP contribution in [0.25, 0.3) is 11.3 Å². The lowest BCUT2D eigenvalue weighted by Gasteiger charge is -2.19. The summed E-state index contributed by atoms with van der Waals surface area (Å²) in [4.78, 5) is 27.3. The number of carbonyl (C=O) groups excluding carboxylic acids is 2. The molecule has 28 heavy (non-hydrogen) atoms. The first-order valence-electron chi connectivity index (χ1n) is 8.99. The van der Waals surface area contributed by atoms with Crippen LogP contribution in [0, 0.1) is 5.92 Å². The van der Waals surface area contributed by atoms with Crippen LogP contribution in [0.5, 0.6) is 5.75 Å². The van der Waals surface area contributed by atoms with Crippen LogP contribution in [-0.2, 0) is 9.59 Å². The van der Waals surface area contributed by atoms with Crippen molar-refractivity contribution in [3.05, 3.63) is 30.5 Å². The predicted octanol–water partition coefficient (Wildman–Crippen LogP) is 1.73. The molecule has 1 atom stereocenters. The summed E-state index contributed by atoms with van der Waals surface area (Å²) in [6.07, 6.45) is 5.00. The molecule has 10 nitrogen and oxygen atoms in total. The summed E-state index contributed by atoms with van der Waals surface area (Å²) in [7, 11) is 0. The molecule has 2 amide bonds. The zero-order valence-electron chi connectivity index (χ0n) is 15.6. The van der Waals surface area contributed by atoms with Crippen molar-refractivity contribution in [3.63, 3.8) is 0 Å². The predicted molar refractivity (Wildman–Crippen MR) is 101 cm³/mol. The summed E-state index contributed by atoms with van der Waals surface area (Å²) in [6, 6.07) is 6.42. The van der Waals surface area contributed by atoms with E-state index in [1.54, 1.807) is 12.1 Å². The number of carbonyl (C=O) groups is 2. The normalized spacial score (nSPS) is 11.5. The Labute approximate surface area is 162 Å². The summed E-state index contributed by atoms with van der Waals surface area (Å²) in [5.41, 5.74) is 6.33. The summed E-state index contributed by atoms with van der Waals surface area (Å²) < 4.78 is 0. The molecule has 0 saturated carbocycles. The third-order valence-corrected chi connectivity index (χ3v) is 4.08. The maximum Gasteiger partial charge on any atom is 0.262 e. The van der Waals surface area contributed by atoms with E-state index in [0.29, 0.717) is 17.2 Å². The molecular weight excluding hydrogens is 364 g/mol. The molecule has 0 aliphatic rings. The van der Waals surface area contributed by atoms with Gasteiger partial charge in [0, 0.05) is 5.56 Å². The first-order chi connectivity index (χ1) is 13.5. The Kier molecular flexibility index (Phi) is 8.10. The molecule has 1 aromatic heterocycles. The van der Waals surface area contributed by atoms with Crippen LogP contribution < -0.4 is 10.9 Å². The van der Waals surface area contributed by atoms with E-state index in [4.69, 9.17) is 0 Å². The summed E-state index contributed by atoms with van der Waals surface area (Å²) >= 11 is 0. The number of hydrogen-bond acceptors (Lipinski definition) is 8. The monoisotopic (exact) mass is 388 g/mol. The average molecular weight is 388 g/mol. The fourth-order valence-corrected chi connectivity index (χ4v) is 2.56. The molecular formula is C18H24N6O4. The first kappa shape index (κ1) is 21.0. The Morgan fingerprint density at radius 1 is 1.29 bits per heavy atom. The van der Waals surface area contributed by atoms with E-state index in [2.05, 4.69) is 26.0 Å². The van der Waals surface area contributed by atoms with Crippen LogP contribution >= 0.6 is 0 Å². The summed E-state index contributed by atoms with van der Waals surface area (Å²) in [5.74, 6) is -0.751. The molecule has 2 aromatic rings. The van der Waals surface area contributed by atoms with Gasteiger partial charge in [-0.2, -0.15) is 5.10 Å². The molecule has 0 fully saturated rings. The number of rotatable bonds is 11. The number of hydrogen-bond donors (Lipinski definition) is 4. The number of benzene rings is 1. The molecule has 0 saturated heterocycles. The zero-order chi connectivity index (χ0) is 20.4. The van der Waals surface area contributed by atoms with E-state index in [0.717, 1.165) is 24.8 Å². The van der Waals surface area contributed by atoms with Crippen molar-refractivity contribution in [1.82, 2.24) is 25.7 Å². The smallest absolute Gasteiger partial charge is 0.262 e. The van der Waals surface area contributed by atoms with Crippen molar-refractivity contribution in [2.24, 2.45) is 5.92 Å². The highest BCUT2D eigenvalue weighted by molar-refractivity contribution is 5.80. The number of aromatic nitrogens is 3. The molecule has 0 bridgehead atoms. The molecule has 0 radical (unpaired) electrons. The third-order valence-electron chi connectivity index (χ3n) is 4.08. The zero-order valence-corrected chi connectivity index (χ0v) is 15.6. The van der Waals surface area contributed by atoms with Crippen LogP contribution in [0.2, 0.25) is 0 Å². The second kappa shape index (κ2) is 10.8. The molecule has 0 aliphatic heterocycles. The van der Waals surface area contributed by atoms with Gasteiger partial charge in [-0.25, -0.2) is 10.0 Å². The van der Waals surface area contributed by atoms with Crippen molar-refractivity contribution >= 4 is 18.3 Å². The van der Waals surface area contributed by atoms with Gasteiger partial charge in [-0.15, -0.1) is 5.10 Å². The number of hydrazine groups is 1. The highest BCUT2D eigenvalue weighted by Crippen LogP contribution is 2.19. The van der Waals surface area contributed by atoms with E-state index in [1.165, 1.54) is 18.3 Å². The number of unbranched alkanes of at least 4 members (excludes halogenated alkanes) is 2. The number of nitrogens with zero attached hydrogens (tertiary/aromatic N) is 4. The maximum absolute atomic E-state index is 12.4. The van der Waals surface area contributed by atoms with Gasteiger partial charge in [0.15, 0.2) is 0 Å². The van der Waals surface area contributed by atoms with Crippen molar-refractivity contribution in [1.29, 1.82) is 0 Å². The van der Waals surface area contributed by atoms with Crippen molar-refractivity contribution in [2.75, 3.05) is 12.0 Å². The summed E-state index contributed by atoms with van der Waals surface area (Å²) in [5, 5.41) is 26.9. The first-order valence-corrected chi connectivity index (χ1v) is 8.99. The van der Waals surface area contributed by atoms with Gasteiger partial charge in [0.25, 0.3) is 5.95 Å². The second-order valence-corrected chi connectivity index (χ2v) is 6.25. The second-order valence-electron chi connectivity index (χ2n) is 6.25. The minimum atomic E-state index is -0.581. The van der Waals surface area contributed by atoms with Gasteiger partial charge in [0.2, 0.25) is 12.3 Å². The highest BCUT2D eigenvalue weighted by atomic mass is 16.5. The van der Waals surface area contributed by atoms with Gasteiger partial charge in [0.1, 0.15) is 5.75 Å². The molecule has 0 unspecified atom stereocenters. The number of nitrogens with one attached hydrogen (secondary N) is 2. The van der Waals surface area contributed by atoms with Crippen LogP contribution in [0.4, 0.5) is 5.95 Å². The van der Waals surface area contributed by atoms with E-state index < -0.39 is 11.8 Å². The van der Waals surface area contributed by atoms with Gasteiger partial charge in [-0.3, -0.25) is 25.6 Å². The van der Waals surface area contributed by atoms with Gasteiger partial charge in [-0.05, 0) is 30.7 Å². The Bertz CT molecular complexity index is 771. The minimum Gasteiger partial charge on any atom is -0.508 e. The lowest BCUT2D eigenvalue weighted by Crippen LogP contribution is -2.40. The summed E-state index contributed by atoms with van der Waals surface area (Å²) in [6.45, 7) is 1.94. The Balaban J connectivity index is 1.99. The molecule has 150 valence electrons. The number of amides is 2. The van der Waals surface area contributed by atoms with E-state index >= 15 is 0 Å². The number of aromatic hydroxyl groups is 1. The van der Waals surface area contributed by atoms with Crippen LogP contribution in [0.1, 0.15) is 32.6 Å². The number of hydroxylamine groups is 2. The number of phenols is 1. The van der Waals surface area contributed by atoms with E-state index in [9.17, 15) is 19.9 Å². The van der Waals surface area contributed by atoms with Gasteiger partial charge >= 0.3 is 0 Å². The van der Waals surface area contributed by atoms with Crippen molar-refractivity contribution < 1.29 is 19.9 Å². The molecule has 0 spiro atoms. The molecule has 1 heterocycles. The van der Waals surface area contributed by atoms with E-state index in [1.807, 2.05) is 6.92 Å². The van der Waals surface area contributed by atoms with Gasteiger partial charge in [-0.1, -0.05) is 26.2 Å². The molecule has 10 heteroatoms. The van der Waals surface area contributed by atoms with Crippen LogP contribution in [-0.4, -0.2) is 49.4 Å². The van der Waals surface area contributed by atoms with Crippen molar-refractivity contribution in [3.8, 4) is 17.0 Å². The minimum absolute atomic E-state index is 0.0856. The van der Waals surface area contributed by atoms with Crippen LogP contribution in [0.15, 0.2) is 30.5 Å². The Hall–Kier alpha value is -3.27. The lowest BCUT2D eigenvalue weighted by atomic mass is 10.0. The number of anilines is 1. The molecule has 0 aliphatic carbocycles. The topological polar surface area (TPSA) is 141 Å². The quantitative estimate of drug-likeness (QED) is 0.197. The molecule has 1 aromatic carbocycles. The standard InChI is InChI=1S/C18H24N6O4/c1-2-3-4-5-14(11-24(28)12-25)17(27)21-23-18-20-16(10-19-22-18)13-6-8-15(26)9-7-13/h6-10,12,14,26,28H,2-5,11H2,1H3,(H,21,27)(H,20,22,23)/t14-/m1/s1. The molecule has 2 rings (SSSR count). The largest absolute Gasteiger partial charge is 0.508 e. The highest BCUT2D eigenvalue weighted by Gasteiger charge is 2.20.